The van der Waals surface area contributed by atoms with Crippen LogP contribution in [0.25, 0.3) is 11.1 Å². The quantitative estimate of drug-likeness (QED) is 0.585. The van der Waals surface area contributed by atoms with Crippen molar-refractivity contribution in [2.24, 2.45) is 0 Å². The predicted molar refractivity (Wildman–Crippen MR) is 62.4 cm³/mol. The molecule has 1 radical (unpaired) electrons. The van der Waals surface area contributed by atoms with E-state index in [1.54, 1.807) is 12.1 Å². The number of non-ortho nitro benzene ring substituents is 1. The summed E-state index contributed by atoms with van der Waals surface area (Å²) in [6, 6.07) is 14.8. The lowest BCUT2D eigenvalue weighted by Crippen LogP contribution is -1.88. The second-order valence-corrected chi connectivity index (χ2v) is 3.60. The topological polar surface area (TPSA) is 43.1 Å². The molecule has 3 nitrogen and oxygen atoms in total. The molecule has 0 spiro atoms. The fourth-order valence-corrected chi connectivity index (χ4v) is 1.67. The highest BCUT2D eigenvalue weighted by molar-refractivity contribution is 6.33. The summed E-state index contributed by atoms with van der Waals surface area (Å²) in [5.74, 6) is 0. The van der Waals surface area contributed by atoms with E-state index in [4.69, 9.17) is 11.6 Å². The summed E-state index contributed by atoms with van der Waals surface area (Å²) in [4.78, 5) is 10.1. The summed E-state index contributed by atoms with van der Waals surface area (Å²) >= 11 is 5.98. The van der Waals surface area contributed by atoms with Crippen molar-refractivity contribution >= 4 is 17.3 Å². The summed E-state index contributed by atoms with van der Waals surface area (Å²) in [6.45, 7) is 0. The average Bonchev–Trinajstić information content (AvgIpc) is 2.30. The van der Waals surface area contributed by atoms with Gasteiger partial charge in [0.15, 0.2) is 0 Å². The van der Waals surface area contributed by atoms with Crippen LogP contribution < -0.4 is 0 Å². The summed E-state index contributed by atoms with van der Waals surface area (Å²) < 4.78 is 0. The minimum absolute atomic E-state index is 0.00955. The van der Waals surface area contributed by atoms with E-state index in [2.05, 4.69) is 6.07 Å². The van der Waals surface area contributed by atoms with Crippen LogP contribution in [0.5, 0.6) is 0 Å². The van der Waals surface area contributed by atoms with Crippen molar-refractivity contribution in [3.05, 3.63) is 63.7 Å². The standard InChI is InChI=1S/C12H7ClNO2/c13-12-8-10(14(15)16)6-7-11(12)9-4-2-1-3-5-9/h1-4,6-8H. The van der Waals surface area contributed by atoms with Crippen molar-refractivity contribution in [3.63, 3.8) is 0 Å². The van der Waals surface area contributed by atoms with Crippen LogP contribution in [-0.2, 0) is 0 Å². The van der Waals surface area contributed by atoms with E-state index in [9.17, 15) is 10.1 Å². The molecule has 0 heterocycles. The summed E-state index contributed by atoms with van der Waals surface area (Å²) in [6.07, 6.45) is 0. The monoisotopic (exact) mass is 232 g/mol. The van der Waals surface area contributed by atoms with Crippen LogP contribution in [-0.4, -0.2) is 4.92 Å². The number of rotatable bonds is 2. The molecular formula is C12H7ClNO2. The number of nitro benzene ring substituents is 1. The van der Waals surface area contributed by atoms with Crippen molar-refractivity contribution in [1.82, 2.24) is 0 Å². The van der Waals surface area contributed by atoms with E-state index in [0.717, 1.165) is 11.1 Å². The molecule has 0 aliphatic carbocycles. The predicted octanol–water partition coefficient (Wildman–Crippen LogP) is 3.72. The lowest BCUT2D eigenvalue weighted by atomic mass is 10.1. The maximum absolute atomic E-state index is 10.5. The summed E-state index contributed by atoms with van der Waals surface area (Å²) in [5.41, 5.74) is 1.56. The van der Waals surface area contributed by atoms with Gasteiger partial charge in [-0.1, -0.05) is 35.9 Å². The van der Waals surface area contributed by atoms with E-state index in [1.165, 1.54) is 12.1 Å². The van der Waals surface area contributed by atoms with Gasteiger partial charge in [0.05, 0.1) is 9.95 Å². The second kappa shape index (κ2) is 4.33. The van der Waals surface area contributed by atoms with Gasteiger partial charge >= 0.3 is 0 Å². The molecule has 0 amide bonds. The van der Waals surface area contributed by atoms with Gasteiger partial charge < -0.3 is 0 Å². The van der Waals surface area contributed by atoms with Crippen molar-refractivity contribution in [2.75, 3.05) is 0 Å². The number of benzene rings is 2. The van der Waals surface area contributed by atoms with E-state index in [-0.39, 0.29) is 5.69 Å². The maximum Gasteiger partial charge on any atom is 0.270 e. The summed E-state index contributed by atoms with van der Waals surface area (Å²) in [7, 11) is 0. The Bertz CT molecular complexity index is 526. The largest absolute Gasteiger partial charge is 0.270 e. The van der Waals surface area contributed by atoms with Gasteiger partial charge in [0.2, 0.25) is 0 Å². The molecule has 2 aromatic carbocycles. The molecule has 0 aliphatic heterocycles. The Balaban J connectivity index is 2.48. The first-order valence-electron chi connectivity index (χ1n) is 4.59. The van der Waals surface area contributed by atoms with Crippen LogP contribution in [0.1, 0.15) is 0 Å². The molecule has 0 saturated carbocycles. The minimum Gasteiger partial charge on any atom is -0.258 e. The molecule has 0 unspecified atom stereocenters. The molecule has 0 fully saturated rings. The molecule has 0 atom stereocenters. The molecule has 0 saturated heterocycles. The van der Waals surface area contributed by atoms with Crippen LogP contribution in [0, 0.1) is 16.2 Å². The molecule has 2 rings (SSSR count). The van der Waals surface area contributed by atoms with E-state index in [1.807, 2.05) is 18.2 Å². The Morgan fingerprint density at radius 1 is 1.25 bits per heavy atom. The number of nitro groups is 1. The van der Waals surface area contributed by atoms with Crippen molar-refractivity contribution in [1.29, 1.82) is 0 Å². The van der Waals surface area contributed by atoms with E-state index >= 15 is 0 Å². The van der Waals surface area contributed by atoms with Crippen LogP contribution in [0.15, 0.2) is 42.5 Å². The highest BCUT2D eigenvalue weighted by Gasteiger charge is 2.10. The van der Waals surface area contributed by atoms with Crippen molar-refractivity contribution in [3.8, 4) is 11.1 Å². The Morgan fingerprint density at radius 3 is 2.62 bits per heavy atom. The van der Waals surface area contributed by atoms with E-state index < -0.39 is 4.92 Å². The first-order valence-corrected chi connectivity index (χ1v) is 4.97. The highest BCUT2D eigenvalue weighted by atomic mass is 35.5. The molecule has 0 bridgehead atoms. The fourth-order valence-electron chi connectivity index (χ4n) is 1.40. The molecule has 0 N–H and O–H groups in total. The SMILES string of the molecule is O=[N+]([O-])c1ccc(-c2[c]cccc2)c(Cl)c1. The highest BCUT2D eigenvalue weighted by Crippen LogP contribution is 2.30. The number of nitrogens with zero attached hydrogens (tertiary/aromatic N) is 1. The zero-order chi connectivity index (χ0) is 11.5. The molecule has 0 aromatic heterocycles. The molecule has 79 valence electrons. The Morgan fingerprint density at radius 2 is 2.06 bits per heavy atom. The third-order valence-electron chi connectivity index (χ3n) is 2.16. The van der Waals surface area contributed by atoms with Gasteiger partial charge in [-0.05, 0) is 17.7 Å². The smallest absolute Gasteiger partial charge is 0.258 e. The number of hydrogen-bond donors (Lipinski definition) is 0. The molecular weight excluding hydrogens is 226 g/mol. The number of halogens is 1. The normalized spacial score (nSPS) is 10.1. The fraction of sp³-hybridized carbons (Fsp3) is 0. The van der Waals surface area contributed by atoms with Gasteiger partial charge in [-0.25, -0.2) is 0 Å². The maximum atomic E-state index is 10.5. The van der Waals surface area contributed by atoms with Crippen LogP contribution >= 0.6 is 11.6 Å². The third-order valence-corrected chi connectivity index (χ3v) is 2.48. The zero-order valence-electron chi connectivity index (χ0n) is 8.18. The Kier molecular flexibility index (Phi) is 2.88. The average molecular weight is 233 g/mol. The van der Waals surface area contributed by atoms with Gasteiger partial charge in [0, 0.05) is 17.7 Å². The van der Waals surface area contributed by atoms with Crippen LogP contribution in [0.2, 0.25) is 5.02 Å². The Hall–Kier alpha value is -1.87. The van der Waals surface area contributed by atoms with Gasteiger partial charge in [-0.3, -0.25) is 10.1 Å². The first-order chi connectivity index (χ1) is 7.68. The molecule has 0 aliphatic rings. The zero-order valence-corrected chi connectivity index (χ0v) is 8.94. The molecule has 16 heavy (non-hydrogen) atoms. The summed E-state index contributed by atoms with van der Waals surface area (Å²) in [5, 5.41) is 10.9. The Labute approximate surface area is 97.4 Å². The minimum atomic E-state index is -0.468. The third kappa shape index (κ3) is 2.04. The lowest BCUT2D eigenvalue weighted by Gasteiger charge is -2.03. The molecule has 2 aromatic rings. The van der Waals surface area contributed by atoms with Gasteiger partial charge in [0.25, 0.3) is 5.69 Å². The van der Waals surface area contributed by atoms with Crippen molar-refractivity contribution in [2.45, 2.75) is 0 Å². The first kappa shape index (κ1) is 10.6. The molecule has 4 heteroatoms. The van der Waals surface area contributed by atoms with Gasteiger partial charge in [-0.15, -0.1) is 0 Å². The van der Waals surface area contributed by atoms with E-state index in [0.29, 0.717) is 5.02 Å². The second-order valence-electron chi connectivity index (χ2n) is 3.20. The van der Waals surface area contributed by atoms with Gasteiger partial charge in [-0.2, -0.15) is 0 Å². The van der Waals surface area contributed by atoms with Crippen LogP contribution in [0.3, 0.4) is 0 Å². The lowest BCUT2D eigenvalue weighted by molar-refractivity contribution is -0.384. The van der Waals surface area contributed by atoms with Crippen LogP contribution in [0.4, 0.5) is 5.69 Å². The van der Waals surface area contributed by atoms with Gasteiger partial charge in [0.1, 0.15) is 0 Å². The van der Waals surface area contributed by atoms with Crippen molar-refractivity contribution < 1.29 is 4.92 Å². The number of hydrogen-bond acceptors (Lipinski definition) is 2.